The van der Waals surface area contributed by atoms with E-state index in [1.54, 1.807) is 31.2 Å². The van der Waals surface area contributed by atoms with Gasteiger partial charge in [-0.1, -0.05) is 12.1 Å². The molecule has 1 heterocycles. The van der Waals surface area contributed by atoms with Crippen LogP contribution in [0.2, 0.25) is 0 Å². The van der Waals surface area contributed by atoms with E-state index in [1.165, 1.54) is 11.8 Å². The Bertz CT molecular complexity index is 552. The molecule has 0 aliphatic carbocycles. The van der Waals surface area contributed by atoms with Gasteiger partial charge in [-0.05, 0) is 26.0 Å². The highest BCUT2D eigenvalue weighted by Gasteiger charge is 2.41. The van der Waals surface area contributed by atoms with Gasteiger partial charge in [0.25, 0.3) is 0 Å². The number of nitrogens with zero attached hydrogens (tertiary/aromatic N) is 1. The van der Waals surface area contributed by atoms with E-state index in [9.17, 15) is 14.4 Å². The van der Waals surface area contributed by atoms with Gasteiger partial charge >= 0.3 is 5.97 Å². The molecule has 0 spiro atoms. The Kier molecular flexibility index (Phi) is 3.38. The van der Waals surface area contributed by atoms with Gasteiger partial charge in [0, 0.05) is 23.7 Å². The summed E-state index contributed by atoms with van der Waals surface area (Å²) in [4.78, 5) is 35.8. The first kappa shape index (κ1) is 13.3. The van der Waals surface area contributed by atoms with Crippen LogP contribution < -0.4 is 4.90 Å². The first-order valence-electron chi connectivity index (χ1n) is 6.07. The predicted molar refractivity (Wildman–Crippen MR) is 69.1 cm³/mol. The summed E-state index contributed by atoms with van der Waals surface area (Å²) in [5.41, 5.74) is 1.09. The minimum atomic E-state index is -0.967. The van der Waals surface area contributed by atoms with Crippen molar-refractivity contribution in [3.8, 4) is 0 Å². The molecule has 2 atom stereocenters. The third-order valence-electron chi connectivity index (χ3n) is 3.50. The van der Waals surface area contributed by atoms with E-state index in [-0.39, 0.29) is 18.1 Å². The van der Waals surface area contributed by atoms with Crippen LogP contribution in [0, 0.1) is 5.92 Å². The Balaban J connectivity index is 2.36. The molecule has 1 N–H and O–H groups in total. The third-order valence-corrected chi connectivity index (χ3v) is 3.50. The molecular formula is C14H15NO4. The number of rotatable bonds is 3. The Morgan fingerprint density at radius 3 is 2.58 bits per heavy atom. The van der Waals surface area contributed by atoms with Gasteiger partial charge in [-0.25, -0.2) is 0 Å². The molecule has 5 nitrogen and oxygen atoms in total. The molecule has 1 aromatic carbocycles. The number of anilines is 1. The van der Waals surface area contributed by atoms with Crippen LogP contribution in [0.3, 0.4) is 0 Å². The average Bonchev–Trinajstić information content (AvgIpc) is 2.65. The molecule has 0 saturated carbocycles. The van der Waals surface area contributed by atoms with Gasteiger partial charge in [-0.3, -0.25) is 14.4 Å². The fraction of sp³-hybridized carbons (Fsp3) is 0.357. The number of carbonyl (C=O) groups excluding carboxylic acids is 2. The number of carboxylic acid groups (broad SMARTS) is 1. The third kappa shape index (κ3) is 2.36. The minimum absolute atomic E-state index is 0.000793. The summed E-state index contributed by atoms with van der Waals surface area (Å²) in [5.74, 6) is -1.98. The first-order chi connectivity index (χ1) is 8.91. The van der Waals surface area contributed by atoms with Crippen molar-refractivity contribution in [3.63, 3.8) is 0 Å². The van der Waals surface area contributed by atoms with Crippen LogP contribution >= 0.6 is 0 Å². The summed E-state index contributed by atoms with van der Waals surface area (Å²) in [7, 11) is 0. The highest BCUT2D eigenvalue weighted by molar-refractivity contribution is 6.01. The van der Waals surface area contributed by atoms with E-state index in [4.69, 9.17) is 5.11 Å². The summed E-state index contributed by atoms with van der Waals surface area (Å²) >= 11 is 0. The quantitative estimate of drug-likeness (QED) is 0.840. The van der Waals surface area contributed by atoms with Crippen LogP contribution in [0.4, 0.5) is 5.69 Å². The van der Waals surface area contributed by atoms with Crippen molar-refractivity contribution in [2.24, 2.45) is 5.92 Å². The maximum absolute atomic E-state index is 12.0. The van der Waals surface area contributed by atoms with Crippen LogP contribution in [0.25, 0.3) is 0 Å². The van der Waals surface area contributed by atoms with Crippen LogP contribution in [0.5, 0.6) is 0 Å². The number of hydrogen-bond acceptors (Lipinski definition) is 3. The zero-order valence-electron chi connectivity index (χ0n) is 10.8. The molecular weight excluding hydrogens is 246 g/mol. The van der Waals surface area contributed by atoms with Crippen molar-refractivity contribution in [1.82, 2.24) is 0 Å². The molecule has 1 aromatic rings. The van der Waals surface area contributed by atoms with Gasteiger partial charge in [-0.15, -0.1) is 0 Å². The Hall–Kier alpha value is -2.17. The number of Topliss-reactive ketones (excluding diaryl/α,β-unsaturated/α-hetero) is 1. The second kappa shape index (κ2) is 4.84. The van der Waals surface area contributed by atoms with Crippen molar-refractivity contribution < 1.29 is 19.5 Å². The number of ketones is 1. The van der Waals surface area contributed by atoms with E-state index < -0.39 is 17.9 Å². The van der Waals surface area contributed by atoms with Crippen molar-refractivity contribution in [1.29, 1.82) is 0 Å². The lowest BCUT2D eigenvalue weighted by Gasteiger charge is -2.23. The summed E-state index contributed by atoms with van der Waals surface area (Å²) in [6.07, 6.45) is 0.000793. The average molecular weight is 261 g/mol. The van der Waals surface area contributed by atoms with Crippen LogP contribution in [-0.4, -0.2) is 28.8 Å². The Morgan fingerprint density at radius 2 is 2.05 bits per heavy atom. The highest BCUT2D eigenvalue weighted by atomic mass is 16.4. The lowest BCUT2D eigenvalue weighted by molar-refractivity contribution is -0.142. The molecule has 100 valence electrons. The summed E-state index contributed by atoms with van der Waals surface area (Å²) in [5, 5.41) is 9.08. The van der Waals surface area contributed by atoms with Gasteiger partial charge < -0.3 is 10.0 Å². The fourth-order valence-corrected chi connectivity index (χ4v) is 2.41. The normalized spacial score (nSPS) is 22.6. The summed E-state index contributed by atoms with van der Waals surface area (Å²) in [6.45, 7) is 3.17. The molecule has 1 aliphatic heterocycles. The van der Waals surface area contributed by atoms with E-state index in [2.05, 4.69) is 0 Å². The molecule has 0 aromatic heterocycles. The molecule has 5 heteroatoms. The number of amides is 1. The maximum Gasteiger partial charge on any atom is 0.309 e. The molecule has 1 amide bonds. The highest BCUT2D eigenvalue weighted by Crippen LogP contribution is 2.31. The van der Waals surface area contributed by atoms with Gasteiger partial charge in [-0.2, -0.15) is 0 Å². The van der Waals surface area contributed by atoms with E-state index >= 15 is 0 Å². The standard InChI is InChI=1S/C14H15NO4/c1-8-12(14(18)19)7-13(17)15(8)11-5-3-4-10(6-11)9(2)16/h3-6,8,12H,7H2,1-2H3,(H,18,19). The molecule has 2 unspecified atom stereocenters. The molecule has 0 bridgehead atoms. The number of carboxylic acids is 1. The van der Waals surface area contributed by atoms with Crippen molar-refractivity contribution >= 4 is 23.3 Å². The number of hydrogen-bond donors (Lipinski definition) is 1. The Labute approximate surface area is 110 Å². The lowest BCUT2D eigenvalue weighted by atomic mass is 10.0. The van der Waals surface area contributed by atoms with E-state index in [0.717, 1.165) is 0 Å². The second-order valence-electron chi connectivity index (χ2n) is 4.76. The smallest absolute Gasteiger partial charge is 0.309 e. The van der Waals surface area contributed by atoms with Crippen LogP contribution in [-0.2, 0) is 9.59 Å². The fourth-order valence-electron chi connectivity index (χ4n) is 2.41. The molecule has 2 rings (SSSR count). The van der Waals surface area contributed by atoms with Crippen molar-refractivity contribution in [2.45, 2.75) is 26.3 Å². The zero-order chi connectivity index (χ0) is 14.2. The maximum atomic E-state index is 12.0. The van der Waals surface area contributed by atoms with Crippen molar-refractivity contribution in [2.75, 3.05) is 4.90 Å². The summed E-state index contributed by atoms with van der Waals surface area (Å²) < 4.78 is 0. The largest absolute Gasteiger partial charge is 0.481 e. The number of carbonyl (C=O) groups is 3. The van der Waals surface area contributed by atoms with Crippen LogP contribution in [0.15, 0.2) is 24.3 Å². The minimum Gasteiger partial charge on any atom is -0.481 e. The van der Waals surface area contributed by atoms with Gasteiger partial charge in [0.1, 0.15) is 0 Å². The summed E-state index contributed by atoms with van der Waals surface area (Å²) in [6, 6.07) is 6.30. The molecule has 1 fully saturated rings. The second-order valence-corrected chi connectivity index (χ2v) is 4.76. The van der Waals surface area contributed by atoms with E-state index in [0.29, 0.717) is 11.3 Å². The van der Waals surface area contributed by atoms with E-state index in [1.807, 2.05) is 0 Å². The van der Waals surface area contributed by atoms with Gasteiger partial charge in [0.15, 0.2) is 5.78 Å². The zero-order valence-corrected chi connectivity index (χ0v) is 10.8. The molecule has 1 saturated heterocycles. The predicted octanol–water partition coefficient (Wildman–Crippen LogP) is 1.72. The SMILES string of the molecule is CC(=O)c1cccc(N2C(=O)CC(C(=O)O)C2C)c1. The molecule has 1 aliphatic rings. The van der Waals surface area contributed by atoms with Gasteiger partial charge in [0.2, 0.25) is 5.91 Å². The van der Waals surface area contributed by atoms with Crippen molar-refractivity contribution in [3.05, 3.63) is 29.8 Å². The number of aliphatic carboxylic acids is 1. The first-order valence-corrected chi connectivity index (χ1v) is 6.07. The van der Waals surface area contributed by atoms with Gasteiger partial charge in [0.05, 0.1) is 5.92 Å². The molecule has 0 radical (unpaired) electrons. The lowest BCUT2D eigenvalue weighted by Crippen LogP contribution is -2.34. The topological polar surface area (TPSA) is 74.7 Å². The molecule has 19 heavy (non-hydrogen) atoms. The number of benzene rings is 1. The van der Waals surface area contributed by atoms with Crippen LogP contribution in [0.1, 0.15) is 30.6 Å². The Morgan fingerprint density at radius 1 is 1.37 bits per heavy atom. The monoisotopic (exact) mass is 261 g/mol.